The Morgan fingerprint density at radius 2 is 1.94 bits per heavy atom. The molecule has 0 amide bonds. The molecule has 0 N–H and O–H groups in total. The Morgan fingerprint density at radius 1 is 1.11 bits per heavy atom. The van der Waals surface area contributed by atoms with Crippen LogP contribution in [0.3, 0.4) is 0 Å². The Morgan fingerprint density at radius 3 is 2.56 bits per heavy atom. The van der Waals surface area contributed by atoms with Crippen molar-refractivity contribution in [2.75, 3.05) is 19.0 Å². The second kappa shape index (κ2) is 4.93. The third kappa shape index (κ3) is 2.09. The van der Waals surface area contributed by atoms with E-state index in [1.54, 1.807) is 8.61 Å². The second-order valence-electron chi connectivity index (χ2n) is 5.82. The lowest BCUT2D eigenvalue weighted by Gasteiger charge is -2.38. The molecule has 2 bridgehead atoms. The highest BCUT2D eigenvalue weighted by molar-refractivity contribution is 7.86. The molecule has 3 fully saturated rings. The summed E-state index contributed by atoms with van der Waals surface area (Å²) in [5.74, 6) is 1.02. The van der Waals surface area contributed by atoms with Gasteiger partial charge in [-0.25, -0.2) is 0 Å². The van der Waals surface area contributed by atoms with Crippen molar-refractivity contribution in [3.8, 4) is 0 Å². The van der Waals surface area contributed by atoms with Crippen LogP contribution in [0.2, 0.25) is 0 Å². The van der Waals surface area contributed by atoms with Crippen molar-refractivity contribution in [2.45, 2.75) is 50.6 Å². The van der Waals surface area contributed by atoms with Gasteiger partial charge in [-0.15, -0.1) is 11.6 Å². The van der Waals surface area contributed by atoms with E-state index >= 15 is 0 Å². The summed E-state index contributed by atoms with van der Waals surface area (Å²) in [7, 11) is -3.27. The van der Waals surface area contributed by atoms with E-state index in [0.29, 0.717) is 18.3 Å². The maximum absolute atomic E-state index is 12.7. The maximum atomic E-state index is 12.7. The van der Waals surface area contributed by atoms with E-state index < -0.39 is 10.2 Å². The topological polar surface area (TPSA) is 40.6 Å². The van der Waals surface area contributed by atoms with E-state index in [1.807, 2.05) is 0 Å². The van der Waals surface area contributed by atoms with Gasteiger partial charge < -0.3 is 0 Å². The van der Waals surface area contributed by atoms with Gasteiger partial charge in [0.2, 0.25) is 0 Å². The first kappa shape index (κ1) is 13.2. The van der Waals surface area contributed by atoms with Gasteiger partial charge in [-0.2, -0.15) is 17.0 Å². The van der Waals surface area contributed by atoms with Crippen LogP contribution in [0.4, 0.5) is 0 Å². The van der Waals surface area contributed by atoms with E-state index in [4.69, 9.17) is 11.6 Å². The number of piperidine rings is 2. The van der Waals surface area contributed by atoms with Crippen LogP contribution in [-0.2, 0) is 10.2 Å². The van der Waals surface area contributed by atoms with E-state index in [9.17, 15) is 8.42 Å². The number of fused-ring (bicyclic) bond motifs is 2. The van der Waals surface area contributed by atoms with Crippen molar-refractivity contribution in [1.82, 2.24) is 8.61 Å². The summed E-state index contributed by atoms with van der Waals surface area (Å²) in [5.41, 5.74) is 0. The van der Waals surface area contributed by atoms with Gasteiger partial charge in [0.1, 0.15) is 0 Å². The highest BCUT2D eigenvalue weighted by Gasteiger charge is 2.47. The first-order valence-electron chi connectivity index (χ1n) is 6.97. The Balaban J connectivity index is 1.80. The molecule has 0 aromatic rings. The van der Waals surface area contributed by atoms with Gasteiger partial charge in [0.25, 0.3) is 10.2 Å². The fraction of sp³-hybridized carbons (Fsp3) is 1.00. The van der Waals surface area contributed by atoms with Crippen molar-refractivity contribution in [1.29, 1.82) is 0 Å². The Hall–Kier alpha value is 0.160. The van der Waals surface area contributed by atoms with Crippen LogP contribution >= 0.6 is 11.6 Å². The highest BCUT2D eigenvalue weighted by atomic mass is 35.5. The lowest BCUT2D eigenvalue weighted by molar-refractivity contribution is 0.233. The maximum Gasteiger partial charge on any atom is 0.282 e. The Labute approximate surface area is 114 Å². The molecule has 1 saturated carbocycles. The molecular weight excluding hydrogens is 272 g/mol. The number of rotatable bonds is 3. The van der Waals surface area contributed by atoms with Crippen LogP contribution in [-0.4, -0.2) is 48.1 Å². The molecule has 6 heteroatoms. The molecule has 2 aliphatic heterocycles. The molecule has 2 saturated heterocycles. The summed E-state index contributed by atoms with van der Waals surface area (Å²) in [6.07, 6.45) is 6.28. The standard InChI is InChI=1S/C12H21ClN2O2S/c13-8-12-3-1-2-6-14(12)18(16,17)15-9-10-4-5-11(15)7-10/h10-12H,1-9H2. The SMILES string of the molecule is O=S(=O)(N1CCCCC1CCl)N1CC2CCC1C2. The highest BCUT2D eigenvalue weighted by Crippen LogP contribution is 2.40. The van der Waals surface area contributed by atoms with Crippen LogP contribution < -0.4 is 0 Å². The fourth-order valence-corrected chi connectivity index (χ4v) is 6.28. The molecule has 3 aliphatic rings. The minimum Gasteiger partial charge on any atom is -0.195 e. The first-order valence-corrected chi connectivity index (χ1v) is 8.90. The van der Waals surface area contributed by atoms with Gasteiger partial charge in [0.05, 0.1) is 0 Å². The van der Waals surface area contributed by atoms with E-state index in [2.05, 4.69) is 0 Å². The molecule has 2 heterocycles. The van der Waals surface area contributed by atoms with Gasteiger partial charge in [-0.1, -0.05) is 6.42 Å². The van der Waals surface area contributed by atoms with Gasteiger partial charge in [-0.05, 0) is 38.0 Å². The number of halogens is 1. The summed E-state index contributed by atoms with van der Waals surface area (Å²) < 4.78 is 28.9. The van der Waals surface area contributed by atoms with E-state index in [1.165, 1.54) is 6.42 Å². The molecule has 18 heavy (non-hydrogen) atoms. The molecule has 0 spiro atoms. The van der Waals surface area contributed by atoms with Crippen molar-refractivity contribution < 1.29 is 8.42 Å². The molecule has 3 atom stereocenters. The molecule has 3 rings (SSSR count). The molecular formula is C12H21ClN2O2S. The predicted octanol–water partition coefficient (Wildman–Crippen LogP) is 1.81. The summed E-state index contributed by atoms with van der Waals surface area (Å²) in [6.45, 7) is 1.38. The lowest BCUT2D eigenvalue weighted by Crippen LogP contribution is -2.53. The smallest absolute Gasteiger partial charge is 0.195 e. The second-order valence-corrected chi connectivity index (χ2v) is 7.97. The minimum absolute atomic E-state index is 0.00421. The van der Waals surface area contributed by atoms with Gasteiger partial charge in [-0.3, -0.25) is 0 Å². The molecule has 0 radical (unpaired) electrons. The van der Waals surface area contributed by atoms with Crippen LogP contribution in [0.5, 0.6) is 0 Å². The molecule has 3 unspecified atom stereocenters. The van der Waals surface area contributed by atoms with Crippen LogP contribution in [0.15, 0.2) is 0 Å². The van der Waals surface area contributed by atoms with Gasteiger partial charge in [0, 0.05) is 31.1 Å². The summed E-state index contributed by atoms with van der Waals surface area (Å²) in [4.78, 5) is 0. The average molecular weight is 293 g/mol. The van der Waals surface area contributed by atoms with Crippen LogP contribution in [0.25, 0.3) is 0 Å². The Bertz CT molecular complexity index is 414. The van der Waals surface area contributed by atoms with E-state index in [0.717, 1.165) is 38.6 Å². The van der Waals surface area contributed by atoms with Crippen LogP contribution in [0.1, 0.15) is 38.5 Å². The van der Waals surface area contributed by atoms with Crippen molar-refractivity contribution in [3.63, 3.8) is 0 Å². The predicted molar refractivity (Wildman–Crippen MR) is 71.8 cm³/mol. The van der Waals surface area contributed by atoms with Crippen molar-refractivity contribution >= 4 is 21.8 Å². The zero-order valence-electron chi connectivity index (χ0n) is 10.6. The first-order chi connectivity index (χ1) is 8.63. The summed E-state index contributed by atoms with van der Waals surface area (Å²) in [6, 6.07) is 0.266. The number of hydrogen-bond acceptors (Lipinski definition) is 2. The van der Waals surface area contributed by atoms with Gasteiger partial charge >= 0.3 is 0 Å². The third-order valence-electron chi connectivity index (χ3n) is 4.70. The fourth-order valence-electron chi connectivity index (χ4n) is 3.73. The van der Waals surface area contributed by atoms with Gasteiger partial charge in [0.15, 0.2) is 0 Å². The zero-order valence-corrected chi connectivity index (χ0v) is 12.2. The number of nitrogens with zero attached hydrogens (tertiary/aromatic N) is 2. The van der Waals surface area contributed by atoms with Crippen molar-refractivity contribution in [2.24, 2.45) is 5.92 Å². The van der Waals surface area contributed by atoms with E-state index in [-0.39, 0.29) is 12.1 Å². The summed E-state index contributed by atoms with van der Waals surface area (Å²) >= 11 is 5.94. The van der Waals surface area contributed by atoms with Crippen LogP contribution in [0, 0.1) is 5.92 Å². The number of hydrogen-bond donors (Lipinski definition) is 0. The average Bonchev–Trinajstić information content (AvgIpc) is 3.01. The molecule has 104 valence electrons. The Kier molecular flexibility index (Phi) is 3.60. The molecule has 1 aliphatic carbocycles. The molecule has 0 aromatic carbocycles. The summed E-state index contributed by atoms with van der Waals surface area (Å²) in [5, 5.41) is 0. The monoisotopic (exact) mass is 292 g/mol. The number of alkyl halides is 1. The zero-order chi connectivity index (χ0) is 12.8. The largest absolute Gasteiger partial charge is 0.282 e. The lowest BCUT2D eigenvalue weighted by atomic mass is 10.1. The normalized spacial score (nSPS) is 38.4. The molecule has 4 nitrogen and oxygen atoms in total. The van der Waals surface area contributed by atoms with Crippen molar-refractivity contribution in [3.05, 3.63) is 0 Å². The minimum atomic E-state index is -3.27. The quantitative estimate of drug-likeness (QED) is 0.745. The third-order valence-corrected chi connectivity index (χ3v) is 7.17. The molecule has 0 aromatic heterocycles.